The summed E-state index contributed by atoms with van der Waals surface area (Å²) in [5.74, 6) is 0. The molecule has 0 fully saturated rings. The van der Waals surface area contributed by atoms with E-state index in [2.05, 4.69) is 221 Å². The molecule has 1 spiro atoms. The van der Waals surface area contributed by atoms with Crippen molar-refractivity contribution in [3.05, 3.63) is 221 Å². The van der Waals surface area contributed by atoms with Crippen LogP contribution in [0.1, 0.15) is 54.2 Å². The van der Waals surface area contributed by atoms with Crippen molar-refractivity contribution in [2.24, 2.45) is 0 Å². The van der Waals surface area contributed by atoms with Gasteiger partial charge in [0.05, 0.1) is 11.1 Å². The van der Waals surface area contributed by atoms with Gasteiger partial charge < -0.3 is 9.32 Å². The maximum absolute atomic E-state index is 6.98. The summed E-state index contributed by atoms with van der Waals surface area (Å²) in [6, 6.07) is 70.0. The van der Waals surface area contributed by atoms with Gasteiger partial charge >= 0.3 is 0 Å². The van der Waals surface area contributed by atoms with Gasteiger partial charge in [-0.15, -0.1) is 0 Å². The molecule has 0 saturated carbocycles. The van der Waals surface area contributed by atoms with Gasteiger partial charge in [-0.2, -0.15) is 0 Å². The number of hydrogen-bond donors (Lipinski definition) is 0. The highest BCUT2D eigenvalue weighted by molar-refractivity contribution is 6.19. The van der Waals surface area contributed by atoms with E-state index < -0.39 is 5.41 Å². The van der Waals surface area contributed by atoms with Gasteiger partial charge in [-0.3, -0.25) is 0 Å². The molecule has 2 nitrogen and oxygen atoms in total. The molecule has 1 aromatic heterocycles. The summed E-state index contributed by atoms with van der Waals surface area (Å²) < 4.78 is 6.98. The molecule has 60 heavy (non-hydrogen) atoms. The molecule has 0 unspecified atom stereocenters. The molecule has 12 rings (SSSR count). The van der Waals surface area contributed by atoms with Crippen LogP contribution in [0.25, 0.3) is 66.1 Å². The number of furan rings is 1. The Bertz CT molecular complexity index is 3320. The molecule has 2 aliphatic rings. The van der Waals surface area contributed by atoms with Crippen LogP contribution in [-0.2, 0) is 10.8 Å². The second-order valence-electron chi connectivity index (χ2n) is 17.7. The molecule has 0 N–H and O–H groups in total. The zero-order valence-electron chi connectivity index (χ0n) is 34.3. The van der Waals surface area contributed by atoms with Gasteiger partial charge in [-0.25, -0.2) is 0 Å². The van der Waals surface area contributed by atoms with Crippen LogP contribution in [0.5, 0.6) is 0 Å². The van der Waals surface area contributed by atoms with E-state index in [0.717, 1.165) is 39.0 Å². The van der Waals surface area contributed by atoms with E-state index in [0.29, 0.717) is 0 Å². The maximum atomic E-state index is 6.98. The number of para-hydroxylation sites is 1. The second-order valence-corrected chi connectivity index (χ2v) is 17.7. The Hall–Kier alpha value is -7.16. The maximum Gasteiger partial charge on any atom is 0.138 e. The van der Waals surface area contributed by atoms with Crippen LogP contribution in [0.3, 0.4) is 0 Å². The number of fused-ring (bicyclic) bond motifs is 15. The molecule has 10 aromatic rings. The van der Waals surface area contributed by atoms with Crippen LogP contribution in [0.2, 0.25) is 0 Å². The topological polar surface area (TPSA) is 16.4 Å². The SMILES string of the molecule is Cc1ccc(N(c2ccc(C(C)(C)C)cc2)c2cc3oc4ccccc4c3c3c2C2(c4ccccc4-c4ccccc42)c2cc4ccccc4cc2-3)cc1-c1ccccc1. The molecule has 0 radical (unpaired) electrons. The van der Waals surface area contributed by atoms with Crippen LogP contribution >= 0.6 is 0 Å². The number of rotatable bonds is 4. The van der Waals surface area contributed by atoms with Crippen molar-refractivity contribution >= 4 is 49.8 Å². The summed E-state index contributed by atoms with van der Waals surface area (Å²) in [6.07, 6.45) is 0. The fourth-order valence-corrected chi connectivity index (χ4v) is 10.6. The highest BCUT2D eigenvalue weighted by atomic mass is 16.3. The summed E-state index contributed by atoms with van der Waals surface area (Å²) in [6.45, 7) is 9.08. The molecule has 1 heterocycles. The van der Waals surface area contributed by atoms with Crippen molar-refractivity contribution in [3.8, 4) is 33.4 Å². The first-order chi connectivity index (χ1) is 29.3. The molecular weight excluding hydrogens is 727 g/mol. The van der Waals surface area contributed by atoms with Crippen molar-refractivity contribution in [1.29, 1.82) is 0 Å². The molecule has 0 amide bonds. The van der Waals surface area contributed by atoms with Gasteiger partial charge in [-0.05, 0) is 121 Å². The quantitative estimate of drug-likeness (QED) is 0.177. The van der Waals surface area contributed by atoms with Gasteiger partial charge in [0.1, 0.15) is 11.2 Å². The van der Waals surface area contributed by atoms with Gasteiger partial charge in [0.2, 0.25) is 0 Å². The average molecular weight is 770 g/mol. The minimum atomic E-state index is -0.625. The van der Waals surface area contributed by atoms with Gasteiger partial charge in [0.15, 0.2) is 0 Å². The average Bonchev–Trinajstić information content (AvgIpc) is 3.90. The predicted octanol–water partition coefficient (Wildman–Crippen LogP) is 15.8. The summed E-state index contributed by atoms with van der Waals surface area (Å²) in [5.41, 5.74) is 19.7. The third kappa shape index (κ3) is 4.82. The Morgan fingerprint density at radius 2 is 1.10 bits per heavy atom. The van der Waals surface area contributed by atoms with E-state index in [-0.39, 0.29) is 5.41 Å². The summed E-state index contributed by atoms with van der Waals surface area (Å²) in [5, 5.41) is 4.76. The zero-order chi connectivity index (χ0) is 40.3. The summed E-state index contributed by atoms with van der Waals surface area (Å²) >= 11 is 0. The summed E-state index contributed by atoms with van der Waals surface area (Å²) in [4.78, 5) is 2.51. The highest BCUT2D eigenvalue weighted by Gasteiger charge is 2.54. The van der Waals surface area contributed by atoms with E-state index >= 15 is 0 Å². The normalized spacial score (nSPS) is 13.5. The fourth-order valence-electron chi connectivity index (χ4n) is 10.6. The molecule has 0 aliphatic heterocycles. The lowest BCUT2D eigenvalue weighted by Crippen LogP contribution is -2.28. The van der Waals surface area contributed by atoms with Crippen molar-refractivity contribution in [2.75, 3.05) is 4.90 Å². The van der Waals surface area contributed by atoms with Crippen LogP contribution < -0.4 is 4.90 Å². The largest absolute Gasteiger partial charge is 0.456 e. The van der Waals surface area contributed by atoms with E-state index in [1.165, 1.54) is 77.5 Å². The van der Waals surface area contributed by atoms with Gasteiger partial charge in [0.25, 0.3) is 0 Å². The Kier molecular flexibility index (Phi) is 7.36. The predicted molar refractivity (Wildman–Crippen MR) is 251 cm³/mol. The number of hydrogen-bond acceptors (Lipinski definition) is 2. The zero-order valence-corrected chi connectivity index (χ0v) is 34.3. The monoisotopic (exact) mass is 769 g/mol. The number of aryl methyl sites for hydroxylation is 1. The number of nitrogens with zero attached hydrogens (tertiary/aromatic N) is 1. The van der Waals surface area contributed by atoms with Gasteiger partial charge in [0, 0.05) is 39.3 Å². The number of benzene rings is 9. The molecule has 2 heteroatoms. The first-order valence-corrected chi connectivity index (χ1v) is 21.1. The summed E-state index contributed by atoms with van der Waals surface area (Å²) in [7, 11) is 0. The molecule has 286 valence electrons. The third-order valence-corrected chi connectivity index (χ3v) is 13.3. The third-order valence-electron chi connectivity index (χ3n) is 13.3. The standard InChI is InChI=1S/C58H43NO/c1-36-26-29-42(34-46(36)37-16-6-5-7-17-37)59(41-30-27-40(28-31-41)57(2,3)4)51-35-53-54(45-22-12-15-25-52(45)60-53)55-47-32-38-18-8-9-19-39(38)33-50(47)58(56(51)55)48-23-13-10-20-43(48)44-21-11-14-24-49(44)58/h5-35H,1-4H3. The Labute approximate surface area is 351 Å². The molecule has 9 aromatic carbocycles. The van der Waals surface area contributed by atoms with Gasteiger partial charge in [-0.1, -0.05) is 160 Å². The smallest absolute Gasteiger partial charge is 0.138 e. The first kappa shape index (κ1) is 34.8. The number of anilines is 3. The fraction of sp³-hybridized carbons (Fsp3) is 0.103. The lowest BCUT2D eigenvalue weighted by atomic mass is 9.69. The van der Waals surface area contributed by atoms with E-state index in [9.17, 15) is 0 Å². The van der Waals surface area contributed by atoms with Crippen molar-refractivity contribution in [2.45, 2.75) is 38.5 Å². The Balaban J connectivity index is 1.29. The molecular formula is C58H43NO. The highest BCUT2D eigenvalue weighted by Crippen LogP contribution is 2.67. The van der Waals surface area contributed by atoms with Crippen molar-refractivity contribution in [3.63, 3.8) is 0 Å². The second kappa shape index (κ2) is 12.7. The first-order valence-electron chi connectivity index (χ1n) is 21.1. The van der Waals surface area contributed by atoms with E-state index in [1.807, 2.05) is 0 Å². The van der Waals surface area contributed by atoms with E-state index in [4.69, 9.17) is 4.42 Å². The molecule has 0 bridgehead atoms. The van der Waals surface area contributed by atoms with Crippen LogP contribution in [0.15, 0.2) is 192 Å². The Morgan fingerprint density at radius 3 is 1.82 bits per heavy atom. The van der Waals surface area contributed by atoms with Crippen molar-refractivity contribution in [1.82, 2.24) is 0 Å². The van der Waals surface area contributed by atoms with Crippen molar-refractivity contribution < 1.29 is 4.42 Å². The Morgan fingerprint density at radius 1 is 0.483 bits per heavy atom. The lowest BCUT2D eigenvalue weighted by molar-refractivity contribution is 0.590. The van der Waals surface area contributed by atoms with Crippen LogP contribution in [0, 0.1) is 6.92 Å². The molecule has 0 atom stereocenters. The van der Waals surface area contributed by atoms with Crippen LogP contribution in [-0.4, -0.2) is 0 Å². The molecule has 0 saturated heterocycles. The lowest BCUT2D eigenvalue weighted by Gasteiger charge is -2.36. The minimum Gasteiger partial charge on any atom is -0.456 e. The minimum absolute atomic E-state index is 0.00705. The van der Waals surface area contributed by atoms with Crippen LogP contribution in [0.4, 0.5) is 17.1 Å². The molecule has 2 aliphatic carbocycles. The van der Waals surface area contributed by atoms with E-state index in [1.54, 1.807) is 0 Å².